The molecular formula is C9H7F3O2. The molecule has 0 radical (unpaired) electrons. The summed E-state index contributed by atoms with van der Waals surface area (Å²) >= 11 is 0. The van der Waals surface area contributed by atoms with Crippen molar-refractivity contribution < 1.29 is 23.1 Å². The Morgan fingerprint density at radius 3 is 2.36 bits per heavy atom. The van der Waals surface area contributed by atoms with Crippen LogP contribution in [0.15, 0.2) is 12.1 Å². The Bertz CT molecular complexity index is 363. The maximum absolute atomic E-state index is 12.9. The molecule has 0 aliphatic rings. The van der Waals surface area contributed by atoms with Crippen LogP contribution in [0.5, 0.6) is 0 Å². The van der Waals surface area contributed by atoms with E-state index in [1.807, 2.05) is 0 Å². The van der Waals surface area contributed by atoms with Gasteiger partial charge >= 0.3 is 5.97 Å². The van der Waals surface area contributed by atoms with Crippen molar-refractivity contribution in [2.24, 2.45) is 0 Å². The van der Waals surface area contributed by atoms with Crippen molar-refractivity contribution in [3.8, 4) is 0 Å². The predicted octanol–water partition coefficient (Wildman–Crippen LogP) is 2.12. The first-order chi connectivity index (χ1) is 6.52. The number of aliphatic carboxylic acids is 1. The zero-order valence-corrected chi connectivity index (χ0v) is 7.06. The lowest BCUT2D eigenvalue weighted by molar-refractivity contribution is -0.136. The van der Waals surface area contributed by atoms with Crippen molar-refractivity contribution in [2.45, 2.75) is 12.8 Å². The molecule has 0 heterocycles. The predicted molar refractivity (Wildman–Crippen MR) is 42.3 cm³/mol. The number of benzene rings is 1. The molecule has 0 amide bonds. The van der Waals surface area contributed by atoms with Gasteiger partial charge in [0, 0.05) is 12.0 Å². The molecule has 0 aliphatic heterocycles. The van der Waals surface area contributed by atoms with Gasteiger partial charge in [-0.25, -0.2) is 13.2 Å². The Hall–Kier alpha value is -1.52. The minimum Gasteiger partial charge on any atom is -0.481 e. The number of carboxylic acid groups (broad SMARTS) is 1. The van der Waals surface area contributed by atoms with Gasteiger partial charge in [0.2, 0.25) is 0 Å². The topological polar surface area (TPSA) is 37.3 Å². The lowest BCUT2D eigenvalue weighted by atomic mass is 10.1. The standard InChI is InChI=1S/C9H7F3O2/c10-6-2-3-7(11)9(12)5(6)1-4-8(13)14/h2-3H,1,4H2,(H,13,14). The highest BCUT2D eigenvalue weighted by Gasteiger charge is 2.14. The summed E-state index contributed by atoms with van der Waals surface area (Å²) in [6.45, 7) is 0. The molecule has 0 saturated carbocycles. The van der Waals surface area contributed by atoms with E-state index in [9.17, 15) is 18.0 Å². The van der Waals surface area contributed by atoms with Gasteiger partial charge in [0.15, 0.2) is 11.6 Å². The van der Waals surface area contributed by atoms with E-state index in [4.69, 9.17) is 5.11 Å². The van der Waals surface area contributed by atoms with Crippen LogP contribution in [0.2, 0.25) is 0 Å². The molecule has 0 fully saturated rings. The van der Waals surface area contributed by atoms with Gasteiger partial charge in [-0.05, 0) is 18.6 Å². The molecule has 1 N–H and O–H groups in total. The van der Waals surface area contributed by atoms with Crippen molar-refractivity contribution in [3.05, 3.63) is 35.1 Å². The Kier molecular flexibility index (Phi) is 3.11. The zero-order valence-electron chi connectivity index (χ0n) is 7.06. The molecule has 0 saturated heterocycles. The average Bonchev–Trinajstić information content (AvgIpc) is 2.11. The van der Waals surface area contributed by atoms with E-state index in [0.29, 0.717) is 6.07 Å². The Morgan fingerprint density at radius 1 is 1.21 bits per heavy atom. The van der Waals surface area contributed by atoms with E-state index in [0.717, 1.165) is 6.07 Å². The minimum absolute atomic E-state index is 0.356. The molecule has 14 heavy (non-hydrogen) atoms. The van der Waals surface area contributed by atoms with Gasteiger partial charge in [-0.15, -0.1) is 0 Å². The summed E-state index contributed by atoms with van der Waals surface area (Å²) < 4.78 is 38.4. The molecule has 0 aromatic heterocycles. The van der Waals surface area contributed by atoms with E-state index >= 15 is 0 Å². The van der Waals surface area contributed by atoms with E-state index < -0.39 is 35.4 Å². The second-order valence-corrected chi connectivity index (χ2v) is 2.72. The SMILES string of the molecule is O=C(O)CCc1c(F)ccc(F)c1F. The van der Waals surface area contributed by atoms with Gasteiger partial charge < -0.3 is 5.11 Å². The molecule has 0 bridgehead atoms. The van der Waals surface area contributed by atoms with Crippen LogP contribution in [0.1, 0.15) is 12.0 Å². The summed E-state index contributed by atoms with van der Waals surface area (Å²) in [5.41, 5.74) is -0.521. The maximum atomic E-state index is 12.9. The monoisotopic (exact) mass is 204 g/mol. The van der Waals surface area contributed by atoms with E-state index in [2.05, 4.69) is 0 Å². The number of carbonyl (C=O) groups is 1. The van der Waals surface area contributed by atoms with E-state index in [1.165, 1.54) is 0 Å². The summed E-state index contributed by atoms with van der Waals surface area (Å²) in [6, 6.07) is 1.44. The Labute approximate surface area is 78.0 Å². The summed E-state index contributed by atoms with van der Waals surface area (Å²) in [5.74, 6) is -4.60. The molecule has 0 unspecified atom stereocenters. The molecule has 0 spiro atoms. The van der Waals surface area contributed by atoms with Gasteiger partial charge in [0.25, 0.3) is 0 Å². The van der Waals surface area contributed by atoms with Crippen LogP contribution >= 0.6 is 0 Å². The first kappa shape index (κ1) is 10.6. The molecular weight excluding hydrogens is 197 g/mol. The highest BCUT2D eigenvalue weighted by atomic mass is 19.2. The summed E-state index contributed by atoms with van der Waals surface area (Å²) in [6.07, 6.45) is -0.790. The number of hydrogen-bond acceptors (Lipinski definition) is 1. The van der Waals surface area contributed by atoms with E-state index in [1.54, 1.807) is 0 Å². The quantitative estimate of drug-likeness (QED) is 0.765. The molecule has 1 aromatic carbocycles. The smallest absolute Gasteiger partial charge is 0.303 e. The fourth-order valence-corrected chi connectivity index (χ4v) is 1.03. The van der Waals surface area contributed by atoms with Gasteiger partial charge in [-0.1, -0.05) is 0 Å². The fraction of sp³-hybridized carbons (Fsp3) is 0.222. The number of carboxylic acids is 1. The van der Waals surface area contributed by atoms with Crippen molar-refractivity contribution in [3.63, 3.8) is 0 Å². The van der Waals surface area contributed by atoms with Crippen LogP contribution in [-0.2, 0) is 11.2 Å². The molecule has 2 nitrogen and oxygen atoms in total. The number of hydrogen-bond donors (Lipinski definition) is 1. The third kappa shape index (κ3) is 2.25. The molecule has 1 rings (SSSR count). The van der Waals surface area contributed by atoms with Gasteiger partial charge in [-0.3, -0.25) is 4.79 Å². The highest BCUT2D eigenvalue weighted by Crippen LogP contribution is 2.17. The summed E-state index contributed by atoms with van der Waals surface area (Å²) in [4.78, 5) is 10.1. The van der Waals surface area contributed by atoms with Gasteiger partial charge in [0.1, 0.15) is 5.82 Å². The fourth-order valence-electron chi connectivity index (χ4n) is 1.03. The van der Waals surface area contributed by atoms with E-state index in [-0.39, 0.29) is 6.42 Å². The van der Waals surface area contributed by atoms with Crippen molar-refractivity contribution in [1.29, 1.82) is 0 Å². The highest BCUT2D eigenvalue weighted by molar-refractivity contribution is 5.67. The number of halogens is 3. The normalized spacial score (nSPS) is 10.2. The largest absolute Gasteiger partial charge is 0.481 e. The molecule has 1 aromatic rings. The summed E-state index contributed by atoms with van der Waals surface area (Å²) in [5, 5.41) is 8.29. The zero-order chi connectivity index (χ0) is 10.7. The first-order valence-electron chi connectivity index (χ1n) is 3.86. The molecule has 0 atom stereocenters. The van der Waals surface area contributed by atoms with Gasteiger partial charge in [0.05, 0.1) is 0 Å². The Balaban J connectivity index is 2.95. The van der Waals surface area contributed by atoms with Crippen molar-refractivity contribution >= 4 is 5.97 Å². The van der Waals surface area contributed by atoms with Crippen LogP contribution in [0.25, 0.3) is 0 Å². The summed E-state index contributed by atoms with van der Waals surface area (Å²) in [7, 11) is 0. The number of rotatable bonds is 3. The molecule has 0 aliphatic carbocycles. The Morgan fingerprint density at radius 2 is 1.79 bits per heavy atom. The van der Waals surface area contributed by atoms with Crippen LogP contribution in [0.4, 0.5) is 13.2 Å². The van der Waals surface area contributed by atoms with Crippen LogP contribution < -0.4 is 0 Å². The third-order valence-corrected chi connectivity index (χ3v) is 1.73. The maximum Gasteiger partial charge on any atom is 0.303 e. The average molecular weight is 204 g/mol. The minimum atomic E-state index is -1.31. The lowest BCUT2D eigenvalue weighted by Gasteiger charge is -2.03. The molecule has 76 valence electrons. The van der Waals surface area contributed by atoms with Crippen LogP contribution in [-0.4, -0.2) is 11.1 Å². The van der Waals surface area contributed by atoms with Crippen LogP contribution in [0, 0.1) is 17.5 Å². The van der Waals surface area contributed by atoms with Crippen molar-refractivity contribution in [1.82, 2.24) is 0 Å². The lowest BCUT2D eigenvalue weighted by Crippen LogP contribution is -2.03. The first-order valence-corrected chi connectivity index (χ1v) is 3.86. The second-order valence-electron chi connectivity index (χ2n) is 2.72. The van der Waals surface area contributed by atoms with Gasteiger partial charge in [-0.2, -0.15) is 0 Å². The van der Waals surface area contributed by atoms with Crippen LogP contribution in [0.3, 0.4) is 0 Å². The molecule has 5 heteroatoms. The third-order valence-electron chi connectivity index (χ3n) is 1.73. The van der Waals surface area contributed by atoms with Crippen molar-refractivity contribution in [2.75, 3.05) is 0 Å². The second kappa shape index (κ2) is 4.13.